The van der Waals surface area contributed by atoms with Crippen molar-refractivity contribution < 1.29 is 19.4 Å². The van der Waals surface area contributed by atoms with E-state index < -0.39 is 5.97 Å². The highest BCUT2D eigenvalue weighted by Gasteiger charge is 2.48. The highest BCUT2D eigenvalue weighted by Crippen LogP contribution is 2.47. The third-order valence-corrected chi connectivity index (χ3v) is 11.1. The Labute approximate surface area is 294 Å². The Morgan fingerprint density at radius 3 is 1.23 bits per heavy atom. The van der Waals surface area contributed by atoms with Gasteiger partial charge in [-0.1, -0.05) is 202 Å². The van der Waals surface area contributed by atoms with Crippen LogP contribution in [0.25, 0.3) is 0 Å². The lowest BCUT2D eigenvalue weighted by Gasteiger charge is -2.42. The Morgan fingerprint density at radius 1 is 0.489 bits per heavy atom. The highest BCUT2D eigenvalue weighted by atomic mass is 16.5. The van der Waals surface area contributed by atoms with E-state index in [-0.39, 0.29) is 11.4 Å². The smallest absolute Gasteiger partial charge is 0.312 e. The second-order valence-electron chi connectivity index (χ2n) is 15.3. The third-order valence-electron chi connectivity index (χ3n) is 11.1. The maximum Gasteiger partial charge on any atom is 0.312 e. The molecule has 0 bridgehead atoms. The second-order valence-corrected chi connectivity index (χ2v) is 15.3. The molecule has 0 saturated carbocycles. The summed E-state index contributed by atoms with van der Waals surface area (Å²) in [5, 5.41) is 8.79. The second kappa shape index (κ2) is 33.4. The summed E-state index contributed by atoms with van der Waals surface area (Å²) >= 11 is 0. The monoisotopic (exact) mass is 665 g/mol. The topological polar surface area (TPSA) is 63.6 Å². The lowest BCUT2D eigenvalue weighted by Crippen LogP contribution is -2.44. The summed E-state index contributed by atoms with van der Waals surface area (Å²) in [4.78, 5) is 25.0. The SMILES string of the molecule is CCCCCCCCCCCCOC(=O)C(CCCCCCCCCCCCC(=O)O)(C(C)CCCCCC)C(C)CCCCCC. The molecule has 47 heavy (non-hydrogen) atoms. The van der Waals surface area contributed by atoms with Gasteiger partial charge in [-0.25, -0.2) is 0 Å². The van der Waals surface area contributed by atoms with Gasteiger partial charge >= 0.3 is 11.9 Å². The fourth-order valence-electron chi connectivity index (χ4n) is 7.75. The standard InChI is InChI=1S/C43H84O4/c1-6-9-12-15-16-17-22-25-28-33-38-47-42(46)43(39(4)34-29-13-10-7-2,40(5)35-30-14-11-8-3)37-32-27-24-21-19-18-20-23-26-31-36-41(44)45/h39-40H,6-38H2,1-5H3,(H,44,45). The van der Waals surface area contributed by atoms with Gasteiger partial charge in [-0.3, -0.25) is 9.59 Å². The molecule has 0 aromatic carbocycles. The number of hydrogen-bond acceptors (Lipinski definition) is 3. The van der Waals surface area contributed by atoms with Gasteiger partial charge in [0.05, 0.1) is 12.0 Å². The summed E-state index contributed by atoms with van der Waals surface area (Å²) in [5.74, 6) is 0.180. The van der Waals surface area contributed by atoms with E-state index in [1.54, 1.807) is 0 Å². The van der Waals surface area contributed by atoms with Gasteiger partial charge in [0.15, 0.2) is 0 Å². The molecule has 4 nitrogen and oxygen atoms in total. The summed E-state index contributed by atoms with van der Waals surface area (Å²) in [6, 6.07) is 0. The zero-order valence-electron chi connectivity index (χ0n) is 32.7. The molecule has 0 heterocycles. The quantitative estimate of drug-likeness (QED) is 0.0530. The van der Waals surface area contributed by atoms with E-state index in [4.69, 9.17) is 9.84 Å². The molecule has 1 N–H and O–H groups in total. The van der Waals surface area contributed by atoms with Crippen LogP contribution >= 0.6 is 0 Å². The van der Waals surface area contributed by atoms with Gasteiger partial charge in [-0.15, -0.1) is 0 Å². The Kier molecular flexibility index (Phi) is 32.7. The van der Waals surface area contributed by atoms with Gasteiger partial charge in [-0.2, -0.15) is 0 Å². The maximum absolute atomic E-state index is 14.3. The number of hydrogen-bond donors (Lipinski definition) is 1. The molecule has 0 aromatic heterocycles. The van der Waals surface area contributed by atoms with Crippen LogP contribution in [0.1, 0.15) is 240 Å². The summed E-state index contributed by atoms with van der Waals surface area (Å²) < 4.78 is 6.27. The van der Waals surface area contributed by atoms with Crippen LogP contribution in [-0.4, -0.2) is 23.7 Å². The molecule has 0 amide bonds. The van der Waals surface area contributed by atoms with E-state index >= 15 is 0 Å². The molecule has 2 atom stereocenters. The Balaban J connectivity index is 5.07. The van der Waals surface area contributed by atoms with Crippen LogP contribution in [0.2, 0.25) is 0 Å². The van der Waals surface area contributed by atoms with Crippen molar-refractivity contribution in [1.82, 2.24) is 0 Å². The maximum atomic E-state index is 14.3. The molecule has 0 aromatic rings. The van der Waals surface area contributed by atoms with E-state index in [9.17, 15) is 9.59 Å². The average molecular weight is 665 g/mol. The molecule has 0 rings (SSSR count). The molecular formula is C43H84O4. The molecule has 4 heteroatoms. The minimum Gasteiger partial charge on any atom is -0.481 e. The Bertz CT molecular complexity index is 671. The molecule has 0 aliphatic carbocycles. The number of carboxylic acids is 1. The lowest BCUT2D eigenvalue weighted by atomic mass is 9.62. The van der Waals surface area contributed by atoms with Crippen molar-refractivity contribution in [3.63, 3.8) is 0 Å². The molecule has 0 fully saturated rings. The number of unbranched alkanes of at least 4 members (excludes halogenated alkanes) is 24. The van der Waals surface area contributed by atoms with Gasteiger partial charge < -0.3 is 9.84 Å². The zero-order valence-corrected chi connectivity index (χ0v) is 32.7. The van der Waals surface area contributed by atoms with Crippen molar-refractivity contribution in [2.75, 3.05) is 6.61 Å². The van der Waals surface area contributed by atoms with Crippen LogP contribution in [0, 0.1) is 17.3 Å². The summed E-state index contributed by atoms with van der Waals surface area (Å²) in [5.41, 5.74) is -0.354. The molecule has 280 valence electrons. The van der Waals surface area contributed by atoms with Crippen LogP contribution in [0.3, 0.4) is 0 Å². The minimum atomic E-state index is -0.673. The molecule has 0 aliphatic heterocycles. The molecule has 0 aliphatic rings. The van der Waals surface area contributed by atoms with Crippen LogP contribution in [0.4, 0.5) is 0 Å². The molecule has 0 spiro atoms. The van der Waals surface area contributed by atoms with Crippen molar-refractivity contribution in [2.24, 2.45) is 17.3 Å². The van der Waals surface area contributed by atoms with E-state index in [0.717, 1.165) is 51.4 Å². The van der Waals surface area contributed by atoms with Crippen molar-refractivity contribution >= 4 is 11.9 Å². The number of rotatable bonds is 37. The number of carbonyl (C=O) groups excluding carboxylic acids is 1. The van der Waals surface area contributed by atoms with Gasteiger partial charge in [-0.05, 0) is 43.9 Å². The normalized spacial score (nSPS) is 14.1. The number of aliphatic carboxylic acids is 1. The first kappa shape index (κ1) is 45.9. The zero-order chi connectivity index (χ0) is 34.9. The Hall–Kier alpha value is -1.06. The summed E-state index contributed by atoms with van der Waals surface area (Å²) in [6.07, 6.45) is 38.2. The van der Waals surface area contributed by atoms with Crippen molar-refractivity contribution in [1.29, 1.82) is 0 Å². The van der Waals surface area contributed by atoms with E-state index in [0.29, 0.717) is 24.9 Å². The van der Waals surface area contributed by atoms with Gasteiger partial charge in [0.2, 0.25) is 0 Å². The first-order chi connectivity index (χ1) is 22.9. The van der Waals surface area contributed by atoms with Crippen molar-refractivity contribution in [3.05, 3.63) is 0 Å². The van der Waals surface area contributed by atoms with Crippen molar-refractivity contribution in [2.45, 2.75) is 240 Å². The van der Waals surface area contributed by atoms with Gasteiger partial charge in [0.1, 0.15) is 0 Å². The fourth-order valence-corrected chi connectivity index (χ4v) is 7.75. The third kappa shape index (κ3) is 24.7. The van der Waals surface area contributed by atoms with E-state index in [1.165, 1.54) is 148 Å². The molecule has 2 unspecified atom stereocenters. The Morgan fingerprint density at radius 2 is 0.830 bits per heavy atom. The lowest BCUT2D eigenvalue weighted by molar-refractivity contribution is -0.165. The van der Waals surface area contributed by atoms with Crippen LogP contribution < -0.4 is 0 Å². The number of carboxylic acid groups (broad SMARTS) is 1. The van der Waals surface area contributed by atoms with E-state index in [2.05, 4.69) is 34.6 Å². The van der Waals surface area contributed by atoms with E-state index in [1.807, 2.05) is 0 Å². The van der Waals surface area contributed by atoms with Gasteiger partial charge in [0, 0.05) is 6.42 Å². The summed E-state index contributed by atoms with van der Waals surface area (Å²) in [6.45, 7) is 12.2. The summed E-state index contributed by atoms with van der Waals surface area (Å²) in [7, 11) is 0. The first-order valence-electron chi connectivity index (χ1n) is 21.3. The minimum absolute atomic E-state index is 0.127. The molecular weight excluding hydrogens is 580 g/mol. The van der Waals surface area contributed by atoms with Crippen LogP contribution in [0.15, 0.2) is 0 Å². The predicted molar refractivity (Wildman–Crippen MR) is 204 cm³/mol. The largest absolute Gasteiger partial charge is 0.481 e. The molecule has 0 saturated heterocycles. The van der Waals surface area contributed by atoms with Crippen LogP contribution in [-0.2, 0) is 14.3 Å². The van der Waals surface area contributed by atoms with Crippen LogP contribution in [0.5, 0.6) is 0 Å². The first-order valence-corrected chi connectivity index (χ1v) is 21.3. The molecule has 0 radical (unpaired) electrons. The predicted octanol–water partition coefficient (Wildman–Crippen LogP) is 14.4. The van der Waals surface area contributed by atoms with Crippen molar-refractivity contribution in [3.8, 4) is 0 Å². The van der Waals surface area contributed by atoms with Gasteiger partial charge in [0.25, 0.3) is 0 Å². The highest BCUT2D eigenvalue weighted by molar-refractivity contribution is 5.77. The fraction of sp³-hybridized carbons (Fsp3) is 0.953. The average Bonchev–Trinajstić information content (AvgIpc) is 3.05. The number of esters is 1. The number of ether oxygens (including phenoxy) is 1. The number of carbonyl (C=O) groups is 2.